The standard InChI is InChI=1S/C25H34O4/c1-15-6-9-20-23(2,3)21-14-25(15,20)11-10-24(21,4)17(22(27)28)12-16-7-8-19(29-5)18(26)13-16/h7-8,12-13,15,20-21,26H,6,9-11,14H2,1-5H3,(H,27,28)/b17-12-/t15-,20+,21-,24+,25+/m1/s1. The molecule has 4 rings (SSSR count). The molecule has 1 spiro atoms. The van der Waals surface area contributed by atoms with Crippen molar-refractivity contribution in [1.82, 2.24) is 0 Å². The van der Waals surface area contributed by atoms with Crippen LogP contribution in [0, 0.1) is 34.0 Å². The topological polar surface area (TPSA) is 66.8 Å². The molecule has 3 saturated carbocycles. The second-order valence-corrected chi connectivity index (χ2v) is 10.6. The van der Waals surface area contributed by atoms with Crippen molar-refractivity contribution in [3.8, 4) is 11.5 Å². The Hall–Kier alpha value is -1.97. The maximum Gasteiger partial charge on any atom is 0.332 e. The number of hydrogen-bond donors (Lipinski definition) is 2. The molecule has 158 valence electrons. The molecule has 3 fully saturated rings. The van der Waals surface area contributed by atoms with Crippen molar-refractivity contribution in [2.45, 2.75) is 59.8 Å². The summed E-state index contributed by atoms with van der Waals surface area (Å²) in [6.07, 6.45) is 7.54. The third kappa shape index (κ3) is 2.74. The average molecular weight is 399 g/mol. The van der Waals surface area contributed by atoms with Crippen LogP contribution in [0.3, 0.4) is 0 Å². The molecule has 2 N–H and O–H groups in total. The Balaban J connectivity index is 1.77. The summed E-state index contributed by atoms with van der Waals surface area (Å²) in [7, 11) is 1.51. The largest absolute Gasteiger partial charge is 0.504 e. The lowest BCUT2D eigenvalue weighted by atomic mass is 9.56. The highest BCUT2D eigenvalue weighted by atomic mass is 16.5. The van der Waals surface area contributed by atoms with Gasteiger partial charge in [-0.1, -0.05) is 33.8 Å². The quantitative estimate of drug-likeness (QED) is 0.634. The molecule has 29 heavy (non-hydrogen) atoms. The fraction of sp³-hybridized carbons (Fsp3) is 0.640. The lowest BCUT2D eigenvalue weighted by Gasteiger charge is -2.48. The molecule has 0 amide bonds. The third-order valence-electron chi connectivity index (χ3n) is 9.18. The summed E-state index contributed by atoms with van der Waals surface area (Å²) in [5.74, 6) is 1.35. The number of benzene rings is 1. The summed E-state index contributed by atoms with van der Waals surface area (Å²) < 4.78 is 5.12. The summed E-state index contributed by atoms with van der Waals surface area (Å²) in [4.78, 5) is 12.5. The first-order valence-electron chi connectivity index (χ1n) is 10.9. The first kappa shape index (κ1) is 20.3. The molecular weight excluding hydrogens is 364 g/mol. The lowest BCUT2D eigenvalue weighted by Crippen LogP contribution is -2.42. The van der Waals surface area contributed by atoms with Crippen LogP contribution < -0.4 is 4.74 Å². The van der Waals surface area contributed by atoms with E-state index in [0.717, 1.165) is 25.2 Å². The van der Waals surface area contributed by atoms with Gasteiger partial charge in [0.1, 0.15) is 0 Å². The Kier molecular flexibility index (Phi) is 4.56. The minimum Gasteiger partial charge on any atom is -0.504 e. The lowest BCUT2D eigenvalue weighted by molar-refractivity contribution is -0.135. The number of hydrogen-bond acceptors (Lipinski definition) is 3. The number of carbonyl (C=O) groups is 1. The van der Waals surface area contributed by atoms with Gasteiger partial charge in [0.05, 0.1) is 7.11 Å². The molecule has 5 atom stereocenters. The first-order chi connectivity index (χ1) is 13.6. The van der Waals surface area contributed by atoms with Gasteiger partial charge in [-0.3, -0.25) is 0 Å². The second-order valence-electron chi connectivity index (χ2n) is 10.6. The molecule has 1 aromatic carbocycles. The number of rotatable bonds is 4. The van der Waals surface area contributed by atoms with Gasteiger partial charge in [0.2, 0.25) is 0 Å². The van der Waals surface area contributed by atoms with Gasteiger partial charge in [0, 0.05) is 11.0 Å². The zero-order valence-electron chi connectivity index (χ0n) is 18.3. The van der Waals surface area contributed by atoms with Gasteiger partial charge in [-0.25, -0.2) is 4.79 Å². The maximum atomic E-state index is 12.5. The molecule has 0 radical (unpaired) electrons. The summed E-state index contributed by atoms with van der Waals surface area (Å²) in [6.45, 7) is 9.34. The van der Waals surface area contributed by atoms with Crippen molar-refractivity contribution in [2.75, 3.05) is 7.11 Å². The predicted molar refractivity (Wildman–Crippen MR) is 114 cm³/mol. The monoisotopic (exact) mass is 398 g/mol. The average Bonchev–Trinajstić information content (AvgIpc) is 3.08. The zero-order valence-corrected chi connectivity index (χ0v) is 18.3. The van der Waals surface area contributed by atoms with Gasteiger partial charge < -0.3 is 14.9 Å². The molecule has 3 aliphatic carbocycles. The van der Waals surface area contributed by atoms with E-state index in [4.69, 9.17) is 4.74 Å². The molecule has 0 aliphatic heterocycles. The predicted octanol–water partition coefficient (Wildman–Crippen LogP) is 5.75. The first-order valence-corrected chi connectivity index (χ1v) is 10.9. The van der Waals surface area contributed by atoms with E-state index in [2.05, 4.69) is 27.7 Å². The van der Waals surface area contributed by atoms with E-state index in [-0.39, 0.29) is 16.6 Å². The summed E-state index contributed by atoms with van der Waals surface area (Å²) in [6, 6.07) is 5.09. The van der Waals surface area contributed by atoms with Crippen LogP contribution in [-0.4, -0.2) is 23.3 Å². The fourth-order valence-electron chi connectivity index (χ4n) is 7.67. The number of carboxylic acids is 1. The van der Waals surface area contributed by atoms with Crippen LogP contribution in [0.1, 0.15) is 65.4 Å². The third-order valence-corrected chi connectivity index (χ3v) is 9.18. The van der Waals surface area contributed by atoms with Gasteiger partial charge >= 0.3 is 5.97 Å². The second kappa shape index (κ2) is 6.52. The van der Waals surface area contributed by atoms with Crippen LogP contribution in [0.2, 0.25) is 0 Å². The van der Waals surface area contributed by atoms with Crippen molar-refractivity contribution in [1.29, 1.82) is 0 Å². The number of phenolic OH excluding ortho intramolecular Hbond substituents is 1. The zero-order chi connectivity index (χ0) is 21.2. The summed E-state index contributed by atoms with van der Waals surface area (Å²) in [5.41, 5.74) is 1.33. The van der Waals surface area contributed by atoms with E-state index < -0.39 is 5.97 Å². The number of aromatic hydroxyl groups is 1. The summed E-state index contributed by atoms with van der Waals surface area (Å²) in [5, 5.41) is 20.4. The Bertz CT molecular complexity index is 870. The van der Waals surface area contributed by atoms with E-state index >= 15 is 0 Å². The minimum absolute atomic E-state index is 0.0308. The number of fused-ring (bicyclic) bond motifs is 1. The van der Waals surface area contributed by atoms with E-state index in [0.29, 0.717) is 34.1 Å². The van der Waals surface area contributed by atoms with Crippen molar-refractivity contribution >= 4 is 12.0 Å². The fourth-order valence-corrected chi connectivity index (χ4v) is 7.67. The highest BCUT2D eigenvalue weighted by Gasteiger charge is 2.68. The molecule has 0 heterocycles. The summed E-state index contributed by atoms with van der Waals surface area (Å²) >= 11 is 0. The molecule has 4 nitrogen and oxygen atoms in total. The van der Waals surface area contributed by atoms with E-state index in [1.54, 1.807) is 18.2 Å². The highest BCUT2D eigenvalue weighted by Crippen LogP contribution is 2.75. The number of ether oxygens (including phenoxy) is 1. The van der Waals surface area contributed by atoms with Gasteiger partial charge in [-0.15, -0.1) is 0 Å². The Labute approximate surface area is 174 Å². The minimum atomic E-state index is -0.848. The molecule has 0 aromatic heterocycles. The Morgan fingerprint density at radius 3 is 2.52 bits per heavy atom. The molecule has 3 aliphatic rings. The van der Waals surface area contributed by atoms with Crippen LogP contribution in [0.5, 0.6) is 11.5 Å². The van der Waals surface area contributed by atoms with Crippen molar-refractivity contribution < 1.29 is 19.7 Å². The van der Waals surface area contributed by atoms with E-state index in [1.807, 2.05) is 6.07 Å². The van der Waals surface area contributed by atoms with Crippen LogP contribution in [0.25, 0.3) is 6.08 Å². The van der Waals surface area contributed by atoms with Crippen molar-refractivity contribution in [3.63, 3.8) is 0 Å². The SMILES string of the molecule is COc1ccc(/C=C(/C(=O)O)[C@]2(C)CC[C@@]34C[C@@H]2C(C)(C)[C@@H]3CC[C@H]4C)cc1O. The number of phenols is 1. The molecule has 0 unspecified atom stereocenters. The smallest absolute Gasteiger partial charge is 0.332 e. The van der Waals surface area contributed by atoms with Crippen molar-refractivity contribution in [3.05, 3.63) is 29.3 Å². The normalized spacial score (nSPS) is 38.0. The molecule has 0 saturated heterocycles. The van der Waals surface area contributed by atoms with Crippen LogP contribution >= 0.6 is 0 Å². The van der Waals surface area contributed by atoms with Crippen LogP contribution in [0.15, 0.2) is 23.8 Å². The van der Waals surface area contributed by atoms with Crippen LogP contribution in [0.4, 0.5) is 0 Å². The van der Waals surface area contributed by atoms with Crippen LogP contribution in [-0.2, 0) is 4.79 Å². The van der Waals surface area contributed by atoms with Gasteiger partial charge in [-0.05, 0) is 84.5 Å². The highest BCUT2D eigenvalue weighted by molar-refractivity contribution is 5.94. The van der Waals surface area contributed by atoms with E-state index in [1.165, 1.54) is 20.0 Å². The molecular formula is C25H34O4. The van der Waals surface area contributed by atoms with Gasteiger partial charge in [0.15, 0.2) is 11.5 Å². The molecule has 1 aromatic rings. The van der Waals surface area contributed by atoms with E-state index in [9.17, 15) is 15.0 Å². The Morgan fingerprint density at radius 1 is 1.17 bits per heavy atom. The van der Waals surface area contributed by atoms with Gasteiger partial charge in [0.25, 0.3) is 0 Å². The number of carboxylic acid groups (broad SMARTS) is 1. The maximum absolute atomic E-state index is 12.5. The van der Waals surface area contributed by atoms with Gasteiger partial charge in [-0.2, -0.15) is 0 Å². The number of aliphatic carboxylic acids is 1. The molecule has 4 heteroatoms. The molecule has 2 bridgehead atoms. The van der Waals surface area contributed by atoms with Crippen molar-refractivity contribution in [2.24, 2.45) is 34.0 Å². The Morgan fingerprint density at radius 2 is 1.90 bits per heavy atom. The number of methoxy groups -OCH3 is 1.